The second-order valence-corrected chi connectivity index (χ2v) is 4.90. The van der Waals surface area contributed by atoms with E-state index in [1.165, 1.54) is 11.1 Å². The molecular formula is C15H22N2O2. The Morgan fingerprint density at radius 2 is 2.16 bits per heavy atom. The van der Waals surface area contributed by atoms with Crippen molar-refractivity contribution in [2.75, 3.05) is 19.7 Å². The fourth-order valence-corrected chi connectivity index (χ4v) is 2.54. The number of rotatable bonds is 5. The standard InChI is InChI=1S/C15H22N2O2/c1-2-17(8-5-9-18)15(19)14-10-12-6-3-4-7-13(12)11-16-14/h3-4,6-7,14,16,18H,2,5,8-11H2,1H3/t14-/m1/s1. The lowest BCUT2D eigenvalue weighted by Gasteiger charge is -2.30. The Bertz CT molecular complexity index is 434. The molecule has 1 heterocycles. The van der Waals surface area contributed by atoms with Gasteiger partial charge in [0.25, 0.3) is 0 Å². The van der Waals surface area contributed by atoms with Gasteiger partial charge in [0, 0.05) is 26.2 Å². The van der Waals surface area contributed by atoms with Gasteiger partial charge in [-0.2, -0.15) is 0 Å². The summed E-state index contributed by atoms with van der Waals surface area (Å²) in [7, 11) is 0. The number of likely N-dealkylation sites (N-methyl/N-ethyl adjacent to an activating group) is 1. The molecule has 1 aromatic rings. The normalized spacial score (nSPS) is 17.9. The van der Waals surface area contributed by atoms with Crippen molar-refractivity contribution in [3.05, 3.63) is 35.4 Å². The third kappa shape index (κ3) is 3.33. The Labute approximate surface area is 114 Å². The lowest BCUT2D eigenvalue weighted by molar-refractivity contribution is -0.133. The first-order chi connectivity index (χ1) is 9.26. The molecule has 0 spiro atoms. The van der Waals surface area contributed by atoms with Crippen LogP contribution in [-0.4, -0.2) is 41.7 Å². The molecule has 1 aromatic carbocycles. The lowest BCUT2D eigenvalue weighted by Crippen LogP contribution is -2.49. The molecule has 1 atom stereocenters. The summed E-state index contributed by atoms with van der Waals surface area (Å²) in [6, 6.07) is 8.12. The molecule has 0 saturated heterocycles. The van der Waals surface area contributed by atoms with Gasteiger partial charge in [0.1, 0.15) is 0 Å². The number of aliphatic hydroxyl groups excluding tert-OH is 1. The molecule has 0 saturated carbocycles. The van der Waals surface area contributed by atoms with Crippen molar-refractivity contribution < 1.29 is 9.90 Å². The predicted octanol–water partition coefficient (Wildman–Crippen LogP) is 0.932. The van der Waals surface area contributed by atoms with Gasteiger partial charge in [0.2, 0.25) is 5.91 Å². The topological polar surface area (TPSA) is 52.6 Å². The van der Waals surface area contributed by atoms with Crippen LogP contribution in [0.2, 0.25) is 0 Å². The Kier molecular flexibility index (Phi) is 4.93. The summed E-state index contributed by atoms with van der Waals surface area (Å²) in [6.45, 7) is 4.19. The number of benzene rings is 1. The second kappa shape index (κ2) is 6.68. The molecule has 19 heavy (non-hydrogen) atoms. The van der Waals surface area contributed by atoms with E-state index in [2.05, 4.69) is 17.4 Å². The highest BCUT2D eigenvalue weighted by molar-refractivity contribution is 5.82. The highest BCUT2D eigenvalue weighted by Crippen LogP contribution is 2.17. The molecule has 2 rings (SSSR count). The smallest absolute Gasteiger partial charge is 0.240 e. The molecule has 4 nitrogen and oxygen atoms in total. The first-order valence-electron chi connectivity index (χ1n) is 6.96. The van der Waals surface area contributed by atoms with Crippen LogP contribution >= 0.6 is 0 Å². The van der Waals surface area contributed by atoms with Crippen LogP contribution in [0.15, 0.2) is 24.3 Å². The molecule has 1 aliphatic heterocycles. The van der Waals surface area contributed by atoms with E-state index >= 15 is 0 Å². The molecule has 0 unspecified atom stereocenters. The van der Waals surface area contributed by atoms with Crippen molar-refractivity contribution in [3.8, 4) is 0 Å². The van der Waals surface area contributed by atoms with Crippen molar-refractivity contribution in [1.29, 1.82) is 0 Å². The Hall–Kier alpha value is -1.39. The quantitative estimate of drug-likeness (QED) is 0.830. The maximum absolute atomic E-state index is 12.4. The summed E-state index contributed by atoms with van der Waals surface area (Å²) in [5.74, 6) is 0.144. The minimum absolute atomic E-state index is 0.130. The number of amides is 1. The molecule has 0 radical (unpaired) electrons. The van der Waals surface area contributed by atoms with E-state index in [0.29, 0.717) is 19.5 Å². The van der Waals surface area contributed by atoms with Gasteiger partial charge in [-0.15, -0.1) is 0 Å². The molecule has 2 N–H and O–H groups in total. The van der Waals surface area contributed by atoms with Crippen molar-refractivity contribution in [2.45, 2.75) is 32.4 Å². The van der Waals surface area contributed by atoms with E-state index in [0.717, 1.165) is 13.0 Å². The fourth-order valence-electron chi connectivity index (χ4n) is 2.54. The Morgan fingerprint density at radius 1 is 1.42 bits per heavy atom. The van der Waals surface area contributed by atoms with Crippen LogP contribution in [-0.2, 0) is 17.8 Å². The van der Waals surface area contributed by atoms with E-state index in [-0.39, 0.29) is 18.6 Å². The van der Waals surface area contributed by atoms with E-state index in [1.54, 1.807) is 0 Å². The highest BCUT2D eigenvalue weighted by Gasteiger charge is 2.26. The number of carbonyl (C=O) groups excluding carboxylic acids is 1. The number of carbonyl (C=O) groups is 1. The Balaban J connectivity index is 2.01. The van der Waals surface area contributed by atoms with Gasteiger partial charge in [-0.3, -0.25) is 4.79 Å². The zero-order chi connectivity index (χ0) is 13.7. The maximum atomic E-state index is 12.4. The second-order valence-electron chi connectivity index (χ2n) is 4.90. The average Bonchev–Trinajstić information content (AvgIpc) is 2.47. The van der Waals surface area contributed by atoms with Crippen LogP contribution in [0.4, 0.5) is 0 Å². The van der Waals surface area contributed by atoms with Gasteiger partial charge >= 0.3 is 0 Å². The van der Waals surface area contributed by atoms with Crippen LogP contribution in [0.25, 0.3) is 0 Å². The largest absolute Gasteiger partial charge is 0.396 e. The fraction of sp³-hybridized carbons (Fsp3) is 0.533. The summed E-state index contributed by atoms with van der Waals surface area (Å²) in [6.07, 6.45) is 1.40. The zero-order valence-corrected chi connectivity index (χ0v) is 11.4. The van der Waals surface area contributed by atoms with Crippen LogP contribution in [0, 0.1) is 0 Å². The number of hydrogen-bond acceptors (Lipinski definition) is 3. The molecule has 0 aliphatic carbocycles. The molecule has 1 aliphatic rings. The predicted molar refractivity (Wildman–Crippen MR) is 74.7 cm³/mol. The van der Waals surface area contributed by atoms with Gasteiger partial charge < -0.3 is 15.3 Å². The van der Waals surface area contributed by atoms with Crippen LogP contribution < -0.4 is 5.32 Å². The first-order valence-corrected chi connectivity index (χ1v) is 6.96. The van der Waals surface area contributed by atoms with Gasteiger partial charge in [0.05, 0.1) is 6.04 Å². The lowest BCUT2D eigenvalue weighted by atomic mass is 9.95. The molecule has 4 heteroatoms. The number of aliphatic hydroxyl groups is 1. The summed E-state index contributed by atoms with van der Waals surface area (Å²) in [5.41, 5.74) is 2.54. The molecule has 0 aromatic heterocycles. The van der Waals surface area contributed by atoms with E-state index in [1.807, 2.05) is 24.0 Å². The van der Waals surface area contributed by atoms with Crippen LogP contribution in [0.5, 0.6) is 0 Å². The highest BCUT2D eigenvalue weighted by atomic mass is 16.3. The van der Waals surface area contributed by atoms with E-state index in [9.17, 15) is 4.79 Å². The maximum Gasteiger partial charge on any atom is 0.240 e. The SMILES string of the molecule is CCN(CCCO)C(=O)[C@H]1Cc2ccccc2CN1. The van der Waals surface area contributed by atoms with Gasteiger partial charge in [0.15, 0.2) is 0 Å². The third-order valence-corrected chi connectivity index (χ3v) is 3.66. The van der Waals surface area contributed by atoms with E-state index in [4.69, 9.17) is 5.11 Å². The number of hydrogen-bond donors (Lipinski definition) is 2. The molecule has 1 amide bonds. The molecule has 0 bridgehead atoms. The van der Waals surface area contributed by atoms with Crippen LogP contribution in [0.1, 0.15) is 24.5 Å². The molecular weight excluding hydrogens is 240 g/mol. The van der Waals surface area contributed by atoms with Crippen molar-refractivity contribution in [3.63, 3.8) is 0 Å². The van der Waals surface area contributed by atoms with Gasteiger partial charge in [-0.1, -0.05) is 24.3 Å². The van der Waals surface area contributed by atoms with Gasteiger partial charge in [-0.25, -0.2) is 0 Å². The van der Waals surface area contributed by atoms with Crippen molar-refractivity contribution >= 4 is 5.91 Å². The number of nitrogens with zero attached hydrogens (tertiary/aromatic N) is 1. The minimum Gasteiger partial charge on any atom is -0.396 e. The third-order valence-electron chi connectivity index (χ3n) is 3.66. The monoisotopic (exact) mass is 262 g/mol. The summed E-state index contributed by atoms with van der Waals surface area (Å²) >= 11 is 0. The Morgan fingerprint density at radius 3 is 2.84 bits per heavy atom. The van der Waals surface area contributed by atoms with E-state index < -0.39 is 0 Å². The van der Waals surface area contributed by atoms with Gasteiger partial charge in [-0.05, 0) is 30.9 Å². The summed E-state index contributed by atoms with van der Waals surface area (Å²) in [5, 5.41) is 12.2. The average molecular weight is 262 g/mol. The molecule has 104 valence electrons. The summed E-state index contributed by atoms with van der Waals surface area (Å²) < 4.78 is 0. The summed E-state index contributed by atoms with van der Waals surface area (Å²) in [4.78, 5) is 14.2. The minimum atomic E-state index is -0.131. The van der Waals surface area contributed by atoms with Crippen molar-refractivity contribution in [2.24, 2.45) is 0 Å². The zero-order valence-electron chi connectivity index (χ0n) is 11.4. The first kappa shape index (κ1) is 14.0. The number of fused-ring (bicyclic) bond motifs is 1. The number of nitrogens with one attached hydrogen (secondary N) is 1. The van der Waals surface area contributed by atoms with Crippen molar-refractivity contribution in [1.82, 2.24) is 10.2 Å². The molecule has 0 fully saturated rings. The van der Waals surface area contributed by atoms with Crippen LogP contribution in [0.3, 0.4) is 0 Å².